The highest BCUT2D eigenvalue weighted by molar-refractivity contribution is 6.31. The highest BCUT2D eigenvalue weighted by Crippen LogP contribution is 2.24. The Morgan fingerprint density at radius 1 is 1.12 bits per heavy atom. The summed E-state index contributed by atoms with van der Waals surface area (Å²) in [7, 11) is 0. The number of aliphatic hydroxyl groups is 1. The van der Waals surface area contributed by atoms with Crippen molar-refractivity contribution < 1.29 is 9.90 Å². The summed E-state index contributed by atoms with van der Waals surface area (Å²) in [6.45, 7) is 3.64. The maximum atomic E-state index is 12.4. The lowest BCUT2D eigenvalue weighted by Gasteiger charge is -2.36. The van der Waals surface area contributed by atoms with Crippen LogP contribution in [-0.2, 0) is 6.61 Å². The Kier molecular flexibility index (Phi) is 5.58. The number of nitrogens with zero attached hydrogens (tertiary/aromatic N) is 2. The molecule has 2 aromatic carbocycles. The molecule has 3 rings (SSSR count). The molecule has 0 aromatic heterocycles. The van der Waals surface area contributed by atoms with E-state index in [1.807, 2.05) is 18.2 Å². The van der Waals surface area contributed by atoms with Crippen molar-refractivity contribution in [3.8, 4) is 0 Å². The molecule has 0 saturated carbocycles. The highest BCUT2D eigenvalue weighted by Gasteiger charge is 2.20. The van der Waals surface area contributed by atoms with Gasteiger partial charge in [-0.1, -0.05) is 29.8 Å². The van der Waals surface area contributed by atoms with E-state index >= 15 is 0 Å². The van der Waals surface area contributed by atoms with E-state index in [9.17, 15) is 9.90 Å². The van der Waals surface area contributed by atoms with E-state index in [0.717, 1.165) is 37.4 Å². The Morgan fingerprint density at radius 3 is 2.52 bits per heavy atom. The Balaban J connectivity index is 1.57. The van der Waals surface area contributed by atoms with E-state index in [1.165, 1.54) is 0 Å². The van der Waals surface area contributed by atoms with Crippen LogP contribution in [0.5, 0.6) is 0 Å². The number of carbonyl (C=O) groups excluding carboxylic acids is 1. The molecule has 3 N–H and O–H groups in total. The summed E-state index contributed by atoms with van der Waals surface area (Å²) in [5, 5.41) is 9.79. The van der Waals surface area contributed by atoms with Crippen LogP contribution in [0.25, 0.3) is 0 Å². The molecule has 1 aliphatic rings. The maximum Gasteiger partial charge on any atom is 0.176 e. The molecule has 0 amide bonds. The van der Waals surface area contributed by atoms with E-state index < -0.39 is 0 Å². The molecule has 0 bridgehead atoms. The predicted molar refractivity (Wildman–Crippen MR) is 101 cm³/mol. The SMILES string of the molecule is Nc1cccc(C(=O)CN2CCN(c3ccc(CO)c(Cl)c3)CC2)c1. The second-order valence-corrected chi connectivity index (χ2v) is 6.65. The van der Waals surface area contributed by atoms with Crippen LogP contribution in [-0.4, -0.2) is 48.5 Å². The van der Waals surface area contributed by atoms with E-state index in [1.54, 1.807) is 24.3 Å². The Bertz CT molecular complexity index is 758. The van der Waals surface area contributed by atoms with Crippen LogP contribution in [0.2, 0.25) is 5.02 Å². The molecular formula is C19H22ClN3O2. The first-order valence-electron chi connectivity index (χ1n) is 8.32. The number of carbonyl (C=O) groups is 1. The van der Waals surface area contributed by atoms with Gasteiger partial charge in [-0.15, -0.1) is 0 Å². The van der Waals surface area contributed by atoms with E-state index in [-0.39, 0.29) is 12.4 Å². The average molecular weight is 360 g/mol. The van der Waals surface area contributed by atoms with Crippen molar-refractivity contribution in [1.29, 1.82) is 0 Å². The first kappa shape index (κ1) is 17.7. The molecule has 0 unspecified atom stereocenters. The first-order valence-corrected chi connectivity index (χ1v) is 8.70. The molecule has 0 radical (unpaired) electrons. The van der Waals surface area contributed by atoms with E-state index in [4.69, 9.17) is 17.3 Å². The summed E-state index contributed by atoms with van der Waals surface area (Å²) >= 11 is 6.17. The van der Waals surface area contributed by atoms with Gasteiger partial charge in [-0.05, 0) is 29.8 Å². The molecule has 5 nitrogen and oxygen atoms in total. The van der Waals surface area contributed by atoms with E-state index in [2.05, 4.69) is 9.80 Å². The molecule has 1 aliphatic heterocycles. The third-order valence-corrected chi connectivity index (χ3v) is 4.87. The van der Waals surface area contributed by atoms with Crippen molar-refractivity contribution in [2.24, 2.45) is 0 Å². The smallest absolute Gasteiger partial charge is 0.176 e. The Labute approximate surface area is 152 Å². The van der Waals surface area contributed by atoms with Crippen LogP contribution in [0.3, 0.4) is 0 Å². The van der Waals surface area contributed by atoms with Gasteiger partial charge in [0, 0.05) is 48.1 Å². The zero-order valence-electron chi connectivity index (χ0n) is 14.0. The van der Waals surface area contributed by atoms with Crippen LogP contribution in [0, 0.1) is 0 Å². The lowest BCUT2D eigenvalue weighted by atomic mass is 10.1. The van der Waals surface area contributed by atoms with Gasteiger partial charge in [0.2, 0.25) is 0 Å². The topological polar surface area (TPSA) is 69.8 Å². The zero-order chi connectivity index (χ0) is 17.8. The van der Waals surface area contributed by atoms with Crippen LogP contribution in [0.1, 0.15) is 15.9 Å². The van der Waals surface area contributed by atoms with Crippen LogP contribution >= 0.6 is 11.6 Å². The second-order valence-electron chi connectivity index (χ2n) is 6.25. The Hall–Kier alpha value is -2.08. The summed E-state index contributed by atoms with van der Waals surface area (Å²) in [5.74, 6) is 0.0936. The molecule has 132 valence electrons. The van der Waals surface area contributed by atoms with Gasteiger partial charge in [0.05, 0.1) is 13.2 Å². The molecule has 2 aromatic rings. The largest absolute Gasteiger partial charge is 0.399 e. The van der Waals surface area contributed by atoms with Crippen molar-refractivity contribution in [3.05, 3.63) is 58.6 Å². The average Bonchev–Trinajstić information content (AvgIpc) is 2.62. The van der Waals surface area contributed by atoms with Gasteiger partial charge in [-0.2, -0.15) is 0 Å². The fourth-order valence-electron chi connectivity index (χ4n) is 3.03. The maximum absolute atomic E-state index is 12.4. The van der Waals surface area contributed by atoms with Crippen molar-refractivity contribution in [2.45, 2.75) is 6.61 Å². The van der Waals surface area contributed by atoms with Gasteiger partial charge in [0.15, 0.2) is 5.78 Å². The number of anilines is 2. The van der Waals surface area contributed by atoms with Crippen molar-refractivity contribution in [2.75, 3.05) is 43.4 Å². The summed E-state index contributed by atoms with van der Waals surface area (Å²) in [6.07, 6.45) is 0. The molecule has 0 spiro atoms. The van der Waals surface area contributed by atoms with Crippen LogP contribution in [0.4, 0.5) is 11.4 Å². The number of hydrogen-bond donors (Lipinski definition) is 2. The summed E-state index contributed by atoms with van der Waals surface area (Å²) in [6, 6.07) is 12.8. The minimum absolute atomic E-state index is 0.0565. The normalized spacial score (nSPS) is 15.4. The van der Waals surface area contributed by atoms with Crippen molar-refractivity contribution in [3.63, 3.8) is 0 Å². The standard InChI is InChI=1S/C19H22ClN3O2/c20-18-11-17(5-4-15(18)13-24)23-8-6-22(7-9-23)12-19(25)14-2-1-3-16(21)10-14/h1-5,10-11,24H,6-9,12-13,21H2. The van der Waals surface area contributed by atoms with E-state index in [0.29, 0.717) is 22.8 Å². The third-order valence-electron chi connectivity index (χ3n) is 4.52. The number of halogens is 1. The highest BCUT2D eigenvalue weighted by atomic mass is 35.5. The van der Waals surface area contributed by atoms with Gasteiger partial charge in [0.25, 0.3) is 0 Å². The van der Waals surface area contributed by atoms with Gasteiger partial charge >= 0.3 is 0 Å². The number of nitrogens with two attached hydrogens (primary N) is 1. The second kappa shape index (κ2) is 7.87. The molecular weight excluding hydrogens is 338 g/mol. The first-order chi connectivity index (χ1) is 12.1. The number of hydrogen-bond acceptors (Lipinski definition) is 5. The van der Waals surface area contributed by atoms with Crippen molar-refractivity contribution in [1.82, 2.24) is 4.90 Å². The fraction of sp³-hybridized carbons (Fsp3) is 0.316. The van der Waals surface area contributed by atoms with Crippen LogP contribution < -0.4 is 10.6 Å². The van der Waals surface area contributed by atoms with Crippen LogP contribution in [0.15, 0.2) is 42.5 Å². The number of nitrogen functional groups attached to an aromatic ring is 1. The molecule has 0 atom stereocenters. The number of Topliss-reactive ketones (excluding diaryl/α,β-unsaturated/α-hetero) is 1. The summed E-state index contributed by atoms with van der Waals surface area (Å²) in [5.41, 5.74) is 8.80. The molecule has 6 heteroatoms. The molecule has 1 saturated heterocycles. The number of ketones is 1. The minimum atomic E-state index is -0.0565. The van der Waals surface area contributed by atoms with Crippen molar-refractivity contribution >= 4 is 28.8 Å². The van der Waals surface area contributed by atoms with Gasteiger partial charge in [0.1, 0.15) is 0 Å². The molecule has 25 heavy (non-hydrogen) atoms. The predicted octanol–water partition coefficient (Wildman–Crippen LogP) is 2.42. The number of aliphatic hydroxyl groups excluding tert-OH is 1. The van der Waals surface area contributed by atoms with Gasteiger partial charge < -0.3 is 15.7 Å². The Morgan fingerprint density at radius 2 is 1.88 bits per heavy atom. The zero-order valence-corrected chi connectivity index (χ0v) is 14.7. The molecule has 1 heterocycles. The summed E-state index contributed by atoms with van der Waals surface area (Å²) < 4.78 is 0. The lowest BCUT2D eigenvalue weighted by molar-refractivity contribution is 0.0926. The quantitative estimate of drug-likeness (QED) is 0.633. The number of rotatable bonds is 5. The van der Waals surface area contributed by atoms with Gasteiger partial charge in [-0.25, -0.2) is 0 Å². The fourth-order valence-corrected chi connectivity index (χ4v) is 3.27. The third kappa shape index (κ3) is 4.31. The molecule has 0 aliphatic carbocycles. The molecule has 1 fully saturated rings. The minimum Gasteiger partial charge on any atom is -0.399 e. The number of benzene rings is 2. The number of piperazine rings is 1. The lowest BCUT2D eigenvalue weighted by Crippen LogP contribution is -2.48. The summed E-state index contributed by atoms with van der Waals surface area (Å²) in [4.78, 5) is 16.8. The monoisotopic (exact) mass is 359 g/mol. The van der Waals surface area contributed by atoms with Gasteiger partial charge in [-0.3, -0.25) is 9.69 Å².